The lowest BCUT2D eigenvalue weighted by molar-refractivity contribution is -0.112. The number of thioether (sulfide) groups is 1. The summed E-state index contributed by atoms with van der Waals surface area (Å²) >= 11 is 13.5. The SMILES string of the molecule is CC1=C(C(=O)Nc2c(Cl)cccc2Cl)SC2=NCCN21. The second-order valence-electron chi connectivity index (χ2n) is 4.38. The van der Waals surface area contributed by atoms with Crippen molar-refractivity contribution in [1.29, 1.82) is 0 Å². The molecule has 2 aliphatic heterocycles. The predicted octanol–water partition coefficient (Wildman–Crippen LogP) is 3.58. The minimum Gasteiger partial charge on any atom is -0.322 e. The molecule has 104 valence electrons. The van der Waals surface area contributed by atoms with E-state index in [2.05, 4.69) is 10.3 Å². The van der Waals surface area contributed by atoms with Crippen LogP contribution in [-0.4, -0.2) is 29.1 Å². The fourth-order valence-electron chi connectivity index (χ4n) is 2.11. The number of allylic oxidation sites excluding steroid dienone is 1. The van der Waals surface area contributed by atoms with Crippen LogP contribution in [-0.2, 0) is 4.79 Å². The number of fused-ring (bicyclic) bond motifs is 1. The summed E-state index contributed by atoms with van der Waals surface area (Å²) in [5.41, 5.74) is 1.36. The summed E-state index contributed by atoms with van der Waals surface area (Å²) < 4.78 is 0. The smallest absolute Gasteiger partial charge is 0.264 e. The van der Waals surface area contributed by atoms with E-state index in [0.717, 1.165) is 24.0 Å². The third-order valence-corrected chi connectivity index (χ3v) is 4.98. The van der Waals surface area contributed by atoms with Crippen molar-refractivity contribution in [2.45, 2.75) is 6.92 Å². The second-order valence-corrected chi connectivity index (χ2v) is 6.18. The van der Waals surface area contributed by atoms with Gasteiger partial charge < -0.3 is 10.2 Å². The zero-order valence-electron chi connectivity index (χ0n) is 10.6. The number of benzene rings is 1. The van der Waals surface area contributed by atoms with Crippen molar-refractivity contribution in [2.75, 3.05) is 18.4 Å². The molecule has 1 aromatic carbocycles. The number of halogens is 2. The van der Waals surface area contributed by atoms with Crippen molar-refractivity contribution in [3.8, 4) is 0 Å². The number of para-hydroxylation sites is 1. The Bertz CT molecular complexity index is 637. The molecule has 4 nitrogen and oxygen atoms in total. The first-order valence-corrected chi connectivity index (χ1v) is 7.61. The number of amidine groups is 1. The lowest BCUT2D eigenvalue weighted by Gasteiger charge is -2.12. The number of anilines is 1. The molecule has 0 saturated heterocycles. The number of carbonyl (C=O) groups excluding carboxylic acids is 1. The van der Waals surface area contributed by atoms with Gasteiger partial charge in [-0.1, -0.05) is 29.3 Å². The summed E-state index contributed by atoms with van der Waals surface area (Å²) in [6, 6.07) is 5.11. The van der Waals surface area contributed by atoms with Crippen LogP contribution in [0.25, 0.3) is 0 Å². The van der Waals surface area contributed by atoms with Crippen molar-refractivity contribution in [3.63, 3.8) is 0 Å². The Kier molecular flexibility index (Phi) is 3.67. The van der Waals surface area contributed by atoms with Gasteiger partial charge in [0.2, 0.25) is 0 Å². The molecule has 1 amide bonds. The maximum absolute atomic E-state index is 12.4. The molecule has 3 rings (SSSR count). The Labute approximate surface area is 130 Å². The van der Waals surface area contributed by atoms with E-state index in [1.54, 1.807) is 18.2 Å². The van der Waals surface area contributed by atoms with Crippen molar-refractivity contribution < 1.29 is 4.79 Å². The Morgan fingerprint density at radius 1 is 1.40 bits per heavy atom. The van der Waals surface area contributed by atoms with Gasteiger partial charge in [0.05, 0.1) is 27.2 Å². The summed E-state index contributed by atoms with van der Waals surface area (Å²) in [6.45, 7) is 3.53. The van der Waals surface area contributed by atoms with Crippen LogP contribution in [0.4, 0.5) is 5.69 Å². The molecule has 0 aliphatic carbocycles. The van der Waals surface area contributed by atoms with E-state index < -0.39 is 0 Å². The number of amides is 1. The summed E-state index contributed by atoms with van der Waals surface area (Å²) in [7, 11) is 0. The molecule has 7 heteroatoms. The third-order valence-electron chi connectivity index (χ3n) is 3.14. The number of nitrogens with zero attached hydrogens (tertiary/aromatic N) is 2. The maximum Gasteiger partial charge on any atom is 0.264 e. The number of hydrogen-bond acceptors (Lipinski definition) is 4. The van der Waals surface area contributed by atoms with Gasteiger partial charge in [-0.15, -0.1) is 0 Å². The monoisotopic (exact) mass is 327 g/mol. The summed E-state index contributed by atoms with van der Waals surface area (Å²) in [5.74, 6) is -0.209. The first kappa shape index (κ1) is 13.8. The van der Waals surface area contributed by atoms with E-state index in [0.29, 0.717) is 20.6 Å². The minimum absolute atomic E-state index is 0.209. The van der Waals surface area contributed by atoms with Crippen LogP contribution >= 0.6 is 35.0 Å². The van der Waals surface area contributed by atoms with Gasteiger partial charge in [-0.3, -0.25) is 9.79 Å². The first-order chi connectivity index (χ1) is 9.58. The molecule has 0 aromatic heterocycles. The molecule has 0 radical (unpaired) electrons. The number of carbonyl (C=O) groups is 1. The highest BCUT2D eigenvalue weighted by atomic mass is 35.5. The van der Waals surface area contributed by atoms with Crippen molar-refractivity contribution >= 4 is 51.7 Å². The lowest BCUT2D eigenvalue weighted by atomic mass is 10.3. The van der Waals surface area contributed by atoms with Gasteiger partial charge in [-0.25, -0.2) is 0 Å². The van der Waals surface area contributed by atoms with Gasteiger partial charge >= 0.3 is 0 Å². The van der Waals surface area contributed by atoms with Gasteiger partial charge in [0, 0.05) is 12.2 Å². The summed E-state index contributed by atoms with van der Waals surface area (Å²) in [6.07, 6.45) is 0. The largest absolute Gasteiger partial charge is 0.322 e. The van der Waals surface area contributed by atoms with Gasteiger partial charge in [-0.05, 0) is 30.8 Å². The topological polar surface area (TPSA) is 44.7 Å². The zero-order valence-corrected chi connectivity index (χ0v) is 12.9. The fraction of sp³-hybridized carbons (Fsp3) is 0.231. The van der Waals surface area contributed by atoms with Crippen molar-refractivity contribution in [3.05, 3.63) is 38.8 Å². The van der Waals surface area contributed by atoms with E-state index in [-0.39, 0.29) is 5.91 Å². The molecule has 0 atom stereocenters. The molecule has 0 fully saturated rings. The zero-order chi connectivity index (χ0) is 14.3. The normalized spacial score (nSPS) is 17.4. The van der Waals surface area contributed by atoms with Crippen molar-refractivity contribution in [1.82, 2.24) is 4.90 Å². The highest BCUT2D eigenvalue weighted by Gasteiger charge is 2.33. The maximum atomic E-state index is 12.4. The lowest BCUT2D eigenvalue weighted by Crippen LogP contribution is -2.20. The first-order valence-electron chi connectivity index (χ1n) is 6.04. The van der Waals surface area contributed by atoms with E-state index in [9.17, 15) is 4.79 Å². The van der Waals surface area contributed by atoms with Gasteiger partial charge in [0.15, 0.2) is 5.17 Å². The van der Waals surface area contributed by atoms with Crippen LogP contribution in [0.15, 0.2) is 33.8 Å². The standard InChI is InChI=1S/C13H11Cl2N3OS/c1-7-11(20-13-16-5-6-18(7)13)12(19)17-10-8(14)3-2-4-9(10)15/h2-4H,5-6H2,1H3,(H,17,19). The van der Waals surface area contributed by atoms with Gasteiger partial charge in [-0.2, -0.15) is 0 Å². The second kappa shape index (κ2) is 5.31. The highest BCUT2D eigenvalue weighted by Crippen LogP contribution is 2.38. The summed E-state index contributed by atoms with van der Waals surface area (Å²) in [5, 5.41) is 4.51. The van der Waals surface area contributed by atoms with Crippen molar-refractivity contribution in [2.24, 2.45) is 4.99 Å². The molecular weight excluding hydrogens is 317 g/mol. The fourth-order valence-corrected chi connectivity index (χ4v) is 3.68. The van der Waals surface area contributed by atoms with Crippen LogP contribution in [0.3, 0.4) is 0 Å². The molecule has 0 spiro atoms. The van der Waals surface area contributed by atoms with Crippen LogP contribution in [0.2, 0.25) is 10.0 Å². The van der Waals surface area contributed by atoms with Crippen LogP contribution in [0.5, 0.6) is 0 Å². The number of hydrogen-bond donors (Lipinski definition) is 1. The number of nitrogens with one attached hydrogen (secondary N) is 1. The van der Waals surface area contributed by atoms with E-state index in [4.69, 9.17) is 23.2 Å². The number of aliphatic imine (C=N–C) groups is 1. The highest BCUT2D eigenvalue weighted by molar-refractivity contribution is 8.18. The third kappa shape index (κ3) is 2.30. The molecule has 0 bridgehead atoms. The Morgan fingerprint density at radius 3 is 2.75 bits per heavy atom. The minimum atomic E-state index is -0.209. The Hall–Kier alpha value is -1.17. The average molecular weight is 328 g/mol. The molecule has 2 heterocycles. The van der Waals surface area contributed by atoms with Crippen LogP contribution < -0.4 is 5.32 Å². The molecule has 1 aromatic rings. The quantitative estimate of drug-likeness (QED) is 0.902. The molecule has 0 unspecified atom stereocenters. The van der Waals surface area contributed by atoms with E-state index >= 15 is 0 Å². The van der Waals surface area contributed by atoms with Gasteiger partial charge in [0.25, 0.3) is 5.91 Å². The summed E-state index contributed by atoms with van der Waals surface area (Å²) in [4.78, 5) is 19.4. The average Bonchev–Trinajstić information content (AvgIpc) is 2.97. The number of rotatable bonds is 2. The Balaban J connectivity index is 1.84. The molecule has 1 N–H and O–H groups in total. The Morgan fingerprint density at radius 2 is 2.10 bits per heavy atom. The molecule has 0 saturated carbocycles. The van der Waals surface area contributed by atoms with Gasteiger partial charge in [0.1, 0.15) is 0 Å². The molecule has 2 aliphatic rings. The molecular formula is C13H11Cl2N3OS. The molecule has 20 heavy (non-hydrogen) atoms. The van der Waals surface area contributed by atoms with Crippen LogP contribution in [0, 0.1) is 0 Å². The predicted molar refractivity (Wildman–Crippen MR) is 84.4 cm³/mol. The van der Waals surface area contributed by atoms with Crippen LogP contribution in [0.1, 0.15) is 6.92 Å². The van der Waals surface area contributed by atoms with E-state index in [1.165, 1.54) is 11.8 Å². The van der Waals surface area contributed by atoms with E-state index in [1.807, 2.05) is 11.8 Å².